The molecule has 1 heterocycles. The second-order valence-electron chi connectivity index (χ2n) is 4.26. The number of alkyl halides is 2. The van der Waals surface area contributed by atoms with Crippen molar-refractivity contribution in [1.29, 1.82) is 0 Å². The SMILES string of the molecule is CN(CC(F)F)C(=O)c1cc(Br)cn1C1CC1. The maximum Gasteiger partial charge on any atom is 0.270 e. The molecule has 1 aromatic heterocycles. The summed E-state index contributed by atoms with van der Waals surface area (Å²) in [5, 5.41) is 0. The number of hydrogen-bond acceptors (Lipinski definition) is 1. The van der Waals surface area contributed by atoms with Crippen LogP contribution in [0, 0.1) is 0 Å². The number of aromatic nitrogens is 1. The summed E-state index contributed by atoms with van der Waals surface area (Å²) in [4.78, 5) is 13.1. The van der Waals surface area contributed by atoms with E-state index in [9.17, 15) is 13.6 Å². The van der Waals surface area contributed by atoms with Gasteiger partial charge in [-0.2, -0.15) is 0 Å². The smallest absolute Gasteiger partial charge is 0.270 e. The first kappa shape index (κ1) is 12.5. The van der Waals surface area contributed by atoms with Crippen LogP contribution in [0.25, 0.3) is 0 Å². The fraction of sp³-hybridized carbons (Fsp3) is 0.545. The molecule has 0 N–H and O–H groups in total. The van der Waals surface area contributed by atoms with E-state index in [4.69, 9.17) is 0 Å². The fourth-order valence-electron chi connectivity index (χ4n) is 1.76. The van der Waals surface area contributed by atoms with Gasteiger partial charge in [0.15, 0.2) is 0 Å². The molecule has 6 heteroatoms. The highest BCUT2D eigenvalue weighted by atomic mass is 79.9. The van der Waals surface area contributed by atoms with Gasteiger partial charge in [-0.3, -0.25) is 4.79 Å². The number of hydrogen-bond donors (Lipinski definition) is 0. The normalized spacial score (nSPS) is 15.4. The lowest BCUT2D eigenvalue weighted by Crippen LogP contribution is -2.32. The molecule has 0 atom stereocenters. The van der Waals surface area contributed by atoms with Gasteiger partial charge in [0.25, 0.3) is 12.3 Å². The summed E-state index contributed by atoms with van der Waals surface area (Å²) >= 11 is 3.31. The standard InChI is InChI=1S/C11H13BrF2N2O/c1-15(6-10(13)14)11(17)9-4-7(12)5-16(9)8-2-3-8/h4-5,8,10H,2-3,6H2,1H3. The van der Waals surface area contributed by atoms with Crippen molar-refractivity contribution in [2.45, 2.75) is 25.3 Å². The Morgan fingerprint density at radius 1 is 1.65 bits per heavy atom. The Balaban J connectivity index is 2.18. The number of nitrogens with zero attached hydrogens (tertiary/aromatic N) is 2. The van der Waals surface area contributed by atoms with E-state index in [0.717, 1.165) is 22.2 Å². The fourth-order valence-corrected chi connectivity index (χ4v) is 2.19. The molecule has 1 amide bonds. The molecule has 0 saturated heterocycles. The van der Waals surface area contributed by atoms with E-state index in [0.29, 0.717) is 11.7 Å². The van der Waals surface area contributed by atoms with Crippen molar-refractivity contribution in [3.8, 4) is 0 Å². The predicted molar refractivity (Wildman–Crippen MR) is 63.4 cm³/mol. The molecule has 0 unspecified atom stereocenters. The minimum atomic E-state index is -2.50. The first-order valence-corrected chi connectivity index (χ1v) is 6.19. The molecule has 0 spiro atoms. The Labute approximate surface area is 107 Å². The number of halogens is 3. The Hall–Kier alpha value is -0.910. The highest BCUT2D eigenvalue weighted by Gasteiger charge is 2.29. The molecule has 0 radical (unpaired) electrons. The van der Waals surface area contributed by atoms with Gasteiger partial charge in [0.1, 0.15) is 5.69 Å². The van der Waals surface area contributed by atoms with E-state index < -0.39 is 13.0 Å². The van der Waals surface area contributed by atoms with Crippen molar-refractivity contribution in [2.75, 3.05) is 13.6 Å². The second-order valence-corrected chi connectivity index (χ2v) is 5.17. The van der Waals surface area contributed by atoms with Gasteiger partial charge in [-0.1, -0.05) is 0 Å². The van der Waals surface area contributed by atoms with Crippen LogP contribution in [0.5, 0.6) is 0 Å². The van der Waals surface area contributed by atoms with Gasteiger partial charge in [0.2, 0.25) is 0 Å². The van der Waals surface area contributed by atoms with Crippen LogP contribution in [-0.4, -0.2) is 35.4 Å². The minimum Gasteiger partial charge on any atom is -0.339 e. The highest BCUT2D eigenvalue weighted by molar-refractivity contribution is 9.10. The molecule has 0 bridgehead atoms. The van der Waals surface area contributed by atoms with Gasteiger partial charge in [0.05, 0.1) is 6.54 Å². The molecule has 0 aliphatic heterocycles. The zero-order valence-corrected chi connectivity index (χ0v) is 11.0. The number of carbonyl (C=O) groups excluding carboxylic acids is 1. The topological polar surface area (TPSA) is 25.2 Å². The lowest BCUT2D eigenvalue weighted by Gasteiger charge is -2.17. The highest BCUT2D eigenvalue weighted by Crippen LogP contribution is 2.37. The van der Waals surface area contributed by atoms with Crippen LogP contribution in [0.4, 0.5) is 8.78 Å². The van der Waals surface area contributed by atoms with Crippen LogP contribution in [-0.2, 0) is 0 Å². The van der Waals surface area contributed by atoms with Gasteiger partial charge in [-0.15, -0.1) is 0 Å². The van der Waals surface area contributed by atoms with Crippen LogP contribution < -0.4 is 0 Å². The van der Waals surface area contributed by atoms with Gasteiger partial charge < -0.3 is 9.47 Å². The van der Waals surface area contributed by atoms with E-state index in [2.05, 4.69) is 15.9 Å². The summed E-state index contributed by atoms with van der Waals surface area (Å²) in [7, 11) is 1.40. The van der Waals surface area contributed by atoms with Crippen LogP contribution in [0.15, 0.2) is 16.7 Å². The monoisotopic (exact) mass is 306 g/mol. The van der Waals surface area contributed by atoms with Crippen LogP contribution in [0.3, 0.4) is 0 Å². The zero-order valence-electron chi connectivity index (χ0n) is 9.37. The van der Waals surface area contributed by atoms with E-state index in [1.54, 1.807) is 6.07 Å². The summed E-state index contributed by atoms with van der Waals surface area (Å²) in [6, 6.07) is 2.03. The van der Waals surface area contributed by atoms with E-state index in [-0.39, 0.29) is 5.91 Å². The summed E-state index contributed by atoms with van der Waals surface area (Å²) in [6.45, 7) is -0.535. The maximum absolute atomic E-state index is 12.2. The summed E-state index contributed by atoms with van der Waals surface area (Å²) in [5.74, 6) is -0.358. The van der Waals surface area contributed by atoms with Gasteiger partial charge in [0, 0.05) is 23.8 Å². The zero-order chi connectivity index (χ0) is 12.6. The van der Waals surface area contributed by atoms with Crippen molar-refractivity contribution in [3.63, 3.8) is 0 Å². The third-order valence-corrected chi connectivity index (χ3v) is 3.17. The lowest BCUT2D eigenvalue weighted by atomic mass is 10.3. The second kappa shape index (κ2) is 4.76. The van der Waals surface area contributed by atoms with Gasteiger partial charge >= 0.3 is 0 Å². The van der Waals surface area contributed by atoms with Crippen molar-refractivity contribution in [2.24, 2.45) is 0 Å². The third-order valence-electron chi connectivity index (χ3n) is 2.73. The van der Waals surface area contributed by atoms with Crippen molar-refractivity contribution in [3.05, 3.63) is 22.4 Å². The molecule has 1 aliphatic rings. The van der Waals surface area contributed by atoms with E-state index in [1.807, 2.05) is 10.8 Å². The molecule has 1 aliphatic carbocycles. The van der Waals surface area contributed by atoms with Crippen molar-refractivity contribution >= 4 is 21.8 Å². The molecule has 1 fully saturated rings. The van der Waals surface area contributed by atoms with Gasteiger partial charge in [-0.05, 0) is 34.8 Å². The van der Waals surface area contributed by atoms with Crippen molar-refractivity contribution < 1.29 is 13.6 Å². The molecule has 94 valence electrons. The number of rotatable bonds is 4. The van der Waals surface area contributed by atoms with E-state index >= 15 is 0 Å². The van der Waals surface area contributed by atoms with Crippen molar-refractivity contribution in [1.82, 2.24) is 9.47 Å². The Kier molecular flexibility index (Phi) is 3.51. The molecule has 17 heavy (non-hydrogen) atoms. The lowest BCUT2D eigenvalue weighted by molar-refractivity contribution is 0.0611. The number of carbonyl (C=O) groups is 1. The Morgan fingerprint density at radius 2 is 2.29 bits per heavy atom. The molecule has 2 rings (SSSR count). The Bertz CT molecular complexity index is 429. The molecule has 0 aromatic carbocycles. The third kappa shape index (κ3) is 2.86. The molecule has 1 aromatic rings. The minimum absolute atomic E-state index is 0.347. The van der Waals surface area contributed by atoms with Crippen LogP contribution in [0.1, 0.15) is 29.4 Å². The molecule has 3 nitrogen and oxygen atoms in total. The largest absolute Gasteiger partial charge is 0.339 e. The summed E-state index contributed by atoms with van der Waals surface area (Å²) in [5.41, 5.74) is 0.475. The van der Waals surface area contributed by atoms with Gasteiger partial charge in [-0.25, -0.2) is 8.78 Å². The first-order chi connectivity index (χ1) is 7.99. The van der Waals surface area contributed by atoms with E-state index in [1.165, 1.54) is 7.05 Å². The average molecular weight is 307 g/mol. The average Bonchev–Trinajstić information content (AvgIpc) is 3.00. The quantitative estimate of drug-likeness (QED) is 0.839. The maximum atomic E-state index is 12.2. The summed E-state index contributed by atoms with van der Waals surface area (Å²) < 4.78 is 27.1. The predicted octanol–water partition coefficient (Wildman–Crippen LogP) is 2.92. The van der Waals surface area contributed by atoms with Crippen LogP contribution in [0.2, 0.25) is 0 Å². The van der Waals surface area contributed by atoms with Crippen LogP contribution >= 0.6 is 15.9 Å². The Morgan fingerprint density at radius 3 is 2.82 bits per heavy atom. The first-order valence-electron chi connectivity index (χ1n) is 5.40. The molecule has 1 saturated carbocycles. The number of amides is 1. The summed E-state index contributed by atoms with van der Waals surface area (Å²) in [6.07, 6.45) is 1.41. The molecular formula is C11H13BrF2N2O. The molecular weight excluding hydrogens is 294 g/mol.